The quantitative estimate of drug-likeness (QED) is 0.469. The first kappa shape index (κ1) is 20.2. The molecule has 0 aliphatic carbocycles. The van der Waals surface area contributed by atoms with E-state index >= 15 is 0 Å². The van der Waals surface area contributed by atoms with Gasteiger partial charge in [0.05, 0.1) is 0 Å². The van der Waals surface area contributed by atoms with Crippen LogP contribution in [0.3, 0.4) is 0 Å². The Morgan fingerprint density at radius 2 is 1.88 bits per heavy atom. The van der Waals surface area contributed by atoms with E-state index in [1.807, 2.05) is 47.8 Å². The topological polar surface area (TPSA) is 71.1 Å². The van der Waals surface area contributed by atoms with E-state index in [-0.39, 0.29) is 5.91 Å². The number of likely N-dealkylation sites (tertiary alicyclic amines) is 1. The van der Waals surface area contributed by atoms with Gasteiger partial charge in [-0.15, -0.1) is 0 Å². The smallest absolute Gasteiger partial charge is 0.263 e. The third-order valence-corrected chi connectivity index (χ3v) is 7.02. The van der Waals surface area contributed by atoms with E-state index in [0.29, 0.717) is 17.4 Å². The van der Waals surface area contributed by atoms with Crippen molar-refractivity contribution >= 4 is 28.5 Å². The van der Waals surface area contributed by atoms with E-state index < -0.39 is 6.10 Å². The van der Waals surface area contributed by atoms with Gasteiger partial charge in [0.25, 0.3) is 5.91 Å². The van der Waals surface area contributed by atoms with E-state index in [9.17, 15) is 4.79 Å². The van der Waals surface area contributed by atoms with Gasteiger partial charge < -0.3 is 14.6 Å². The summed E-state index contributed by atoms with van der Waals surface area (Å²) in [6.45, 7) is 1.48. The molecule has 4 aromatic rings. The molecule has 2 aliphatic rings. The summed E-state index contributed by atoms with van der Waals surface area (Å²) in [5, 5.41) is 1.64. The lowest BCUT2D eigenvalue weighted by Crippen LogP contribution is -2.45. The monoisotopic (exact) mass is 458 g/mol. The van der Waals surface area contributed by atoms with Crippen molar-refractivity contribution in [3.05, 3.63) is 77.3 Å². The summed E-state index contributed by atoms with van der Waals surface area (Å²) in [6.07, 6.45) is 9.24. The number of piperidine rings is 1. The van der Waals surface area contributed by atoms with Gasteiger partial charge in [-0.2, -0.15) is 0 Å². The molecule has 1 aromatic carbocycles. The molecule has 3 aromatic heterocycles. The second-order valence-electron chi connectivity index (χ2n) is 8.73. The molecule has 1 atom stereocenters. The fourth-order valence-electron chi connectivity index (χ4n) is 5.13. The van der Waals surface area contributed by atoms with Crippen molar-refractivity contribution in [1.82, 2.24) is 19.9 Å². The van der Waals surface area contributed by atoms with Crippen LogP contribution in [0.25, 0.3) is 22.2 Å². The number of amides is 1. The third-order valence-electron chi connectivity index (χ3n) is 6.81. The summed E-state index contributed by atoms with van der Waals surface area (Å²) in [6, 6.07) is 11.9. The Hall–Kier alpha value is -3.38. The molecule has 0 saturated carbocycles. The maximum absolute atomic E-state index is 13.4. The molecule has 0 bridgehead atoms. The van der Waals surface area contributed by atoms with Crippen LogP contribution in [0, 0.1) is 0 Å². The Morgan fingerprint density at radius 3 is 2.70 bits per heavy atom. The number of carbonyl (C=O) groups is 1. The van der Waals surface area contributed by atoms with Crippen molar-refractivity contribution in [3.63, 3.8) is 0 Å². The number of ether oxygens (including phenoxy) is 1. The number of nitrogens with one attached hydrogen (secondary N) is 1. The number of hydrogen-bond donors (Lipinski definition) is 1. The molecule has 0 radical (unpaired) electrons. The highest BCUT2D eigenvalue weighted by Crippen LogP contribution is 2.43. The second-order valence-corrected chi connectivity index (χ2v) is 9.17. The number of fused-ring (bicyclic) bond motifs is 2. The number of halogens is 1. The number of rotatable bonds is 3. The Bertz CT molecular complexity index is 1330. The normalized spacial score (nSPS) is 18.3. The Morgan fingerprint density at radius 1 is 1.06 bits per heavy atom. The molecule has 6 rings (SSSR count). The second kappa shape index (κ2) is 8.19. The minimum Gasteiger partial charge on any atom is -0.479 e. The molecule has 5 heterocycles. The number of aromatic amines is 1. The summed E-state index contributed by atoms with van der Waals surface area (Å²) < 4.78 is 6.31. The zero-order valence-electron chi connectivity index (χ0n) is 18.0. The van der Waals surface area contributed by atoms with Crippen molar-refractivity contribution in [2.45, 2.75) is 31.3 Å². The Balaban J connectivity index is 1.22. The first-order valence-electron chi connectivity index (χ1n) is 11.3. The molecule has 166 valence electrons. The van der Waals surface area contributed by atoms with E-state index in [2.05, 4.69) is 27.1 Å². The largest absolute Gasteiger partial charge is 0.479 e. The van der Waals surface area contributed by atoms with Gasteiger partial charge in [0.15, 0.2) is 6.10 Å². The highest BCUT2D eigenvalue weighted by Gasteiger charge is 2.36. The highest BCUT2D eigenvalue weighted by atomic mass is 35.5. The SMILES string of the molecule is O=C(C1Cc2cc(Cl)cc(-c3ccnc4[nH]ccc34)c2O1)N1CCC(c2ccncc2)CC1. The van der Waals surface area contributed by atoms with Crippen LogP contribution in [0.15, 0.2) is 61.2 Å². The molecule has 1 unspecified atom stereocenters. The lowest BCUT2D eigenvalue weighted by atomic mass is 9.90. The maximum atomic E-state index is 13.4. The van der Waals surface area contributed by atoms with Crippen LogP contribution in [-0.2, 0) is 11.2 Å². The van der Waals surface area contributed by atoms with E-state index in [4.69, 9.17) is 16.3 Å². The predicted octanol–water partition coefficient (Wildman–Crippen LogP) is 4.99. The van der Waals surface area contributed by atoms with Crippen molar-refractivity contribution in [3.8, 4) is 16.9 Å². The number of H-pyrrole nitrogens is 1. The summed E-state index contributed by atoms with van der Waals surface area (Å²) in [7, 11) is 0. The molecule has 7 heteroatoms. The van der Waals surface area contributed by atoms with Gasteiger partial charge in [-0.1, -0.05) is 11.6 Å². The van der Waals surface area contributed by atoms with Crippen molar-refractivity contribution in [2.75, 3.05) is 13.1 Å². The molecular weight excluding hydrogens is 436 g/mol. The highest BCUT2D eigenvalue weighted by molar-refractivity contribution is 6.31. The molecule has 0 spiro atoms. The number of hydrogen-bond acceptors (Lipinski definition) is 4. The average molecular weight is 459 g/mol. The number of nitrogens with zero attached hydrogens (tertiary/aromatic N) is 3. The van der Waals surface area contributed by atoms with Crippen LogP contribution < -0.4 is 4.74 Å². The Labute approximate surface area is 196 Å². The van der Waals surface area contributed by atoms with Crippen molar-refractivity contribution in [1.29, 1.82) is 0 Å². The van der Waals surface area contributed by atoms with Gasteiger partial charge in [0.1, 0.15) is 11.4 Å². The summed E-state index contributed by atoms with van der Waals surface area (Å²) in [5.41, 5.74) is 4.98. The summed E-state index contributed by atoms with van der Waals surface area (Å²) in [5.74, 6) is 1.28. The Kier molecular flexibility index (Phi) is 5.03. The van der Waals surface area contributed by atoms with Gasteiger partial charge in [0.2, 0.25) is 0 Å². The number of pyridine rings is 2. The fraction of sp³-hybridized carbons (Fsp3) is 0.269. The molecule has 1 fully saturated rings. The summed E-state index contributed by atoms with van der Waals surface area (Å²) in [4.78, 5) is 26.9. The number of aromatic nitrogens is 3. The molecule has 2 aliphatic heterocycles. The van der Waals surface area contributed by atoms with Gasteiger partial charge in [-0.25, -0.2) is 4.98 Å². The van der Waals surface area contributed by atoms with Crippen LogP contribution in [0.2, 0.25) is 5.02 Å². The van der Waals surface area contributed by atoms with E-state index in [1.54, 1.807) is 6.20 Å². The lowest BCUT2D eigenvalue weighted by molar-refractivity contribution is -0.139. The van der Waals surface area contributed by atoms with Crippen LogP contribution in [0.1, 0.15) is 29.9 Å². The molecule has 1 saturated heterocycles. The molecule has 33 heavy (non-hydrogen) atoms. The van der Waals surface area contributed by atoms with Crippen molar-refractivity contribution < 1.29 is 9.53 Å². The third kappa shape index (κ3) is 3.64. The molecule has 1 N–H and O–H groups in total. The van der Waals surface area contributed by atoms with Gasteiger partial charge in [-0.05, 0) is 66.3 Å². The fourth-order valence-corrected chi connectivity index (χ4v) is 5.37. The van der Waals surface area contributed by atoms with Crippen LogP contribution in [0.5, 0.6) is 5.75 Å². The van der Waals surface area contributed by atoms with E-state index in [0.717, 1.165) is 59.4 Å². The van der Waals surface area contributed by atoms with Crippen molar-refractivity contribution in [2.24, 2.45) is 0 Å². The van der Waals surface area contributed by atoms with E-state index in [1.165, 1.54) is 5.56 Å². The van der Waals surface area contributed by atoms with Gasteiger partial charge >= 0.3 is 0 Å². The summed E-state index contributed by atoms with van der Waals surface area (Å²) >= 11 is 6.47. The van der Waals surface area contributed by atoms with Gasteiger partial charge in [-0.3, -0.25) is 9.78 Å². The number of carbonyl (C=O) groups excluding carboxylic acids is 1. The van der Waals surface area contributed by atoms with Gasteiger partial charge in [0, 0.05) is 65.8 Å². The maximum Gasteiger partial charge on any atom is 0.263 e. The lowest BCUT2D eigenvalue weighted by Gasteiger charge is -2.33. The van der Waals surface area contributed by atoms with Crippen LogP contribution in [0.4, 0.5) is 0 Å². The molecule has 1 amide bonds. The first-order valence-corrected chi connectivity index (χ1v) is 11.7. The molecule has 6 nitrogen and oxygen atoms in total. The molecular formula is C26H23ClN4O2. The zero-order valence-corrected chi connectivity index (χ0v) is 18.8. The average Bonchev–Trinajstić information content (AvgIpc) is 3.51. The minimum absolute atomic E-state index is 0.0583. The minimum atomic E-state index is -0.516. The van der Waals surface area contributed by atoms with Crippen LogP contribution >= 0.6 is 11.6 Å². The first-order chi connectivity index (χ1) is 16.2. The zero-order chi connectivity index (χ0) is 22.4. The number of benzene rings is 1. The predicted molar refractivity (Wildman–Crippen MR) is 127 cm³/mol. The standard InChI is InChI=1S/C26H23ClN4O2/c27-19-13-18-14-23(26(32)31-11-5-17(6-12-31)16-1-7-28-8-2-16)33-24(18)22(15-19)20-3-9-29-25-21(20)4-10-30-25/h1-4,7-10,13,15,17,23H,5-6,11-12,14H2,(H,29,30). The van der Waals surface area contributed by atoms with Crippen LogP contribution in [-0.4, -0.2) is 45.0 Å².